The second kappa shape index (κ2) is 5.99. The van der Waals surface area contributed by atoms with E-state index in [9.17, 15) is 9.59 Å². The van der Waals surface area contributed by atoms with E-state index in [1.54, 1.807) is 0 Å². The molecule has 2 unspecified atom stereocenters. The maximum Gasteiger partial charge on any atom is 0.167 e. The fourth-order valence-electron chi connectivity index (χ4n) is 4.16. The summed E-state index contributed by atoms with van der Waals surface area (Å²) in [6, 6.07) is 15.8. The molecule has 0 spiro atoms. The van der Waals surface area contributed by atoms with Gasteiger partial charge in [-0.05, 0) is 31.0 Å². The van der Waals surface area contributed by atoms with Gasteiger partial charge in [-0.3, -0.25) is 9.59 Å². The lowest BCUT2D eigenvalue weighted by Gasteiger charge is -2.22. The van der Waals surface area contributed by atoms with Crippen molar-refractivity contribution in [1.29, 1.82) is 0 Å². The van der Waals surface area contributed by atoms with Gasteiger partial charge in [-0.2, -0.15) is 0 Å². The first-order valence-corrected chi connectivity index (χ1v) is 8.56. The topological polar surface area (TPSA) is 37.4 Å². The summed E-state index contributed by atoms with van der Waals surface area (Å²) in [5.41, 5.74) is 4.07. The third-order valence-corrected chi connectivity index (χ3v) is 5.30. The third-order valence-electron chi connectivity index (χ3n) is 5.30. The number of carbonyl (C=O) groups is 2. The van der Waals surface area contributed by atoms with Crippen LogP contribution in [-0.2, 0) is 12.8 Å². The maximum absolute atomic E-state index is 12.5. The number of Topliss-reactive ketones (excluding diaryl/α,β-unsaturated/α-hetero) is 2. The first-order chi connectivity index (χ1) is 11.6. The Labute approximate surface area is 142 Å². The van der Waals surface area contributed by atoms with Gasteiger partial charge in [0.2, 0.25) is 0 Å². The van der Waals surface area contributed by atoms with Crippen molar-refractivity contribution in [3.8, 4) is 0 Å². The van der Waals surface area contributed by atoms with Crippen molar-refractivity contribution < 1.29 is 9.59 Å². The minimum atomic E-state index is 0.0197. The minimum absolute atomic E-state index is 0.0197. The van der Waals surface area contributed by atoms with Gasteiger partial charge in [0.1, 0.15) is 0 Å². The summed E-state index contributed by atoms with van der Waals surface area (Å²) in [6.07, 6.45) is 1.64. The van der Waals surface area contributed by atoms with Gasteiger partial charge in [0.05, 0.1) is 0 Å². The molecule has 0 heterocycles. The Morgan fingerprint density at radius 1 is 0.792 bits per heavy atom. The van der Waals surface area contributed by atoms with E-state index in [0.717, 1.165) is 35.1 Å². The average molecular weight is 319 g/mol. The summed E-state index contributed by atoms with van der Waals surface area (Å²) in [6.45, 7) is 1.43. The van der Waals surface area contributed by atoms with Crippen molar-refractivity contribution in [2.45, 2.75) is 12.8 Å². The largest absolute Gasteiger partial charge is 0.305 e. The van der Waals surface area contributed by atoms with Gasteiger partial charge in [0.25, 0.3) is 0 Å². The van der Waals surface area contributed by atoms with E-state index < -0.39 is 0 Å². The number of carbonyl (C=O) groups excluding carboxylic acids is 2. The molecule has 0 aliphatic heterocycles. The molecule has 0 amide bonds. The van der Waals surface area contributed by atoms with E-state index in [2.05, 4.69) is 4.90 Å². The lowest BCUT2D eigenvalue weighted by Crippen LogP contribution is -2.34. The average Bonchev–Trinajstić information content (AvgIpc) is 3.06. The highest BCUT2D eigenvalue weighted by Gasteiger charge is 2.34. The zero-order chi connectivity index (χ0) is 16.7. The maximum atomic E-state index is 12.5. The van der Waals surface area contributed by atoms with E-state index >= 15 is 0 Å². The number of ketones is 2. The molecule has 0 bridgehead atoms. The zero-order valence-corrected chi connectivity index (χ0v) is 13.9. The molecule has 0 aromatic heterocycles. The lowest BCUT2D eigenvalue weighted by molar-refractivity contribution is 0.0873. The molecule has 0 N–H and O–H groups in total. The van der Waals surface area contributed by atoms with E-state index in [1.807, 2.05) is 55.6 Å². The fourth-order valence-corrected chi connectivity index (χ4v) is 4.16. The summed E-state index contributed by atoms with van der Waals surface area (Å²) in [5.74, 6) is 0.537. The SMILES string of the molecule is CN(CC1Cc2ccccc2C1=O)CC1Cc2ccccc2C1=O. The number of fused-ring (bicyclic) bond motifs is 2. The minimum Gasteiger partial charge on any atom is -0.305 e. The molecule has 0 saturated heterocycles. The van der Waals surface area contributed by atoms with Crippen LogP contribution in [0.25, 0.3) is 0 Å². The molecule has 122 valence electrons. The van der Waals surface area contributed by atoms with Gasteiger partial charge in [0, 0.05) is 36.1 Å². The second-order valence-corrected chi connectivity index (χ2v) is 7.07. The molecule has 2 aliphatic rings. The summed E-state index contributed by atoms with van der Waals surface area (Å²) >= 11 is 0. The van der Waals surface area contributed by atoms with Crippen LogP contribution in [0.4, 0.5) is 0 Å². The van der Waals surface area contributed by atoms with Crippen LogP contribution in [-0.4, -0.2) is 36.6 Å². The Morgan fingerprint density at radius 2 is 1.21 bits per heavy atom. The molecule has 3 heteroatoms. The molecule has 24 heavy (non-hydrogen) atoms. The molecule has 2 atom stereocenters. The summed E-state index contributed by atoms with van der Waals surface area (Å²) in [7, 11) is 2.02. The Kier molecular flexibility index (Phi) is 3.81. The van der Waals surface area contributed by atoms with Crippen LogP contribution in [0.2, 0.25) is 0 Å². The van der Waals surface area contributed by atoms with Crippen molar-refractivity contribution in [2.75, 3.05) is 20.1 Å². The first kappa shape index (κ1) is 15.3. The summed E-state index contributed by atoms with van der Waals surface area (Å²) in [4.78, 5) is 27.2. The molecular weight excluding hydrogens is 298 g/mol. The molecule has 2 aromatic rings. The Bertz CT molecular complexity index is 743. The normalized spacial score (nSPS) is 22.1. The summed E-state index contributed by atoms with van der Waals surface area (Å²) in [5, 5.41) is 0. The van der Waals surface area contributed by atoms with Crippen molar-refractivity contribution in [3.05, 3.63) is 70.8 Å². The van der Waals surface area contributed by atoms with Gasteiger partial charge < -0.3 is 4.90 Å². The zero-order valence-electron chi connectivity index (χ0n) is 13.9. The van der Waals surface area contributed by atoms with Crippen molar-refractivity contribution in [1.82, 2.24) is 4.90 Å². The van der Waals surface area contributed by atoms with E-state index in [0.29, 0.717) is 13.1 Å². The van der Waals surface area contributed by atoms with Crippen molar-refractivity contribution >= 4 is 11.6 Å². The predicted molar refractivity (Wildman–Crippen MR) is 93.4 cm³/mol. The van der Waals surface area contributed by atoms with E-state index in [-0.39, 0.29) is 23.4 Å². The molecule has 3 nitrogen and oxygen atoms in total. The quantitative estimate of drug-likeness (QED) is 0.869. The van der Waals surface area contributed by atoms with Gasteiger partial charge >= 0.3 is 0 Å². The van der Waals surface area contributed by atoms with Crippen LogP contribution in [0.3, 0.4) is 0 Å². The van der Waals surface area contributed by atoms with E-state index in [4.69, 9.17) is 0 Å². The molecule has 0 saturated carbocycles. The van der Waals surface area contributed by atoms with Crippen LogP contribution < -0.4 is 0 Å². The molecule has 0 fully saturated rings. The predicted octanol–water partition coefficient (Wildman–Crippen LogP) is 3.03. The monoisotopic (exact) mass is 319 g/mol. The van der Waals surface area contributed by atoms with Gasteiger partial charge in [-0.15, -0.1) is 0 Å². The number of hydrogen-bond acceptors (Lipinski definition) is 3. The van der Waals surface area contributed by atoms with E-state index in [1.165, 1.54) is 0 Å². The highest BCUT2D eigenvalue weighted by molar-refractivity contribution is 6.03. The molecule has 0 radical (unpaired) electrons. The lowest BCUT2D eigenvalue weighted by atomic mass is 10.0. The standard InChI is InChI=1S/C21H21NO2/c1-22(12-16-10-14-6-2-4-8-18(14)20(16)23)13-17-11-15-7-3-5-9-19(15)21(17)24/h2-9,16-17H,10-13H2,1H3. The number of benzene rings is 2. The Morgan fingerprint density at radius 3 is 1.62 bits per heavy atom. The number of rotatable bonds is 4. The molecule has 2 aliphatic carbocycles. The Balaban J connectivity index is 1.40. The van der Waals surface area contributed by atoms with Crippen LogP contribution in [0.1, 0.15) is 31.8 Å². The Hall–Kier alpha value is -2.26. The van der Waals surface area contributed by atoms with Gasteiger partial charge in [-0.25, -0.2) is 0 Å². The first-order valence-electron chi connectivity index (χ1n) is 8.56. The second-order valence-electron chi connectivity index (χ2n) is 7.07. The molecule has 4 rings (SSSR count). The summed E-state index contributed by atoms with van der Waals surface area (Å²) < 4.78 is 0. The third kappa shape index (κ3) is 2.59. The van der Waals surface area contributed by atoms with Crippen LogP contribution in [0.15, 0.2) is 48.5 Å². The van der Waals surface area contributed by atoms with Crippen molar-refractivity contribution in [2.24, 2.45) is 11.8 Å². The number of hydrogen-bond donors (Lipinski definition) is 0. The molecular formula is C21H21NO2. The van der Waals surface area contributed by atoms with Gasteiger partial charge in [0.15, 0.2) is 11.6 Å². The fraction of sp³-hybridized carbons (Fsp3) is 0.333. The highest BCUT2D eigenvalue weighted by Crippen LogP contribution is 2.29. The number of nitrogens with zero attached hydrogens (tertiary/aromatic N) is 1. The highest BCUT2D eigenvalue weighted by atomic mass is 16.1. The van der Waals surface area contributed by atoms with Crippen molar-refractivity contribution in [3.63, 3.8) is 0 Å². The smallest absolute Gasteiger partial charge is 0.167 e. The van der Waals surface area contributed by atoms with Crippen LogP contribution in [0.5, 0.6) is 0 Å². The van der Waals surface area contributed by atoms with Gasteiger partial charge in [-0.1, -0.05) is 48.5 Å². The molecule has 2 aromatic carbocycles. The van der Waals surface area contributed by atoms with Crippen LogP contribution in [0, 0.1) is 11.8 Å². The van der Waals surface area contributed by atoms with Crippen LogP contribution >= 0.6 is 0 Å².